The minimum absolute atomic E-state index is 0.0616. The van der Waals surface area contributed by atoms with E-state index in [1.54, 1.807) is 19.2 Å². The number of aryl methyl sites for hydroxylation is 1. The molecule has 0 radical (unpaired) electrons. The van der Waals surface area contributed by atoms with Crippen molar-refractivity contribution in [2.75, 3.05) is 19.0 Å². The third kappa shape index (κ3) is 5.29. The topological polar surface area (TPSA) is 50.4 Å². The number of hydrogen-bond donors (Lipinski definition) is 2. The largest absolute Gasteiger partial charge is 0.495 e. The number of hydrogen-bond acceptors (Lipinski definition) is 3. The molecule has 2 rings (SSSR count). The molecule has 0 fully saturated rings. The first-order valence-corrected chi connectivity index (χ1v) is 7.48. The molecule has 2 aromatic rings. The minimum atomic E-state index is -0.281. The number of benzene rings is 2. The van der Waals surface area contributed by atoms with Gasteiger partial charge in [-0.3, -0.25) is 4.79 Å². The molecular weight excluding hydrogens is 295 g/mol. The van der Waals surface area contributed by atoms with Gasteiger partial charge >= 0.3 is 0 Å². The summed E-state index contributed by atoms with van der Waals surface area (Å²) in [7, 11) is 1.62. The number of nitrogens with one attached hydrogen (secondary N) is 2. The Hall–Kier alpha value is -2.56. The van der Waals surface area contributed by atoms with Gasteiger partial charge in [0.1, 0.15) is 11.6 Å². The number of carbonyl (C=O) groups is 1. The van der Waals surface area contributed by atoms with Gasteiger partial charge in [-0.1, -0.05) is 18.2 Å². The van der Waals surface area contributed by atoms with Gasteiger partial charge in [0.15, 0.2) is 0 Å². The van der Waals surface area contributed by atoms with Crippen molar-refractivity contribution >= 4 is 11.6 Å². The molecule has 0 spiro atoms. The third-order valence-electron chi connectivity index (χ3n) is 3.43. The highest BCUT2D eigenvalue weighted by atomic mass is 19.1. The first-order valence-electron chi connectivity index (χ1n) is 7.48. The lowest BCUT2D eigenvalue weighted by atomic mass is 10.2. The predicted molar refractivity (Wildman–Crippen MR) is 89.1 cm³/mol. The molecule has 1 amide bonds. The monoisotopic (exact) mass is 316 g/mol. The molecular formula is C18H21FN2O2. The zero-order valence-corrected chi connectivity index (χ0v) is 13.4. The van der Waals surface area contributed by atoms with Gasteiger partial charge in [-0.2, -0.15) is 0 Å². The number of amides is 1. The van der Waals surface area contributed by atoms with Gasteiger partial charge in [0.2, 0.25) is 5.91 Å². The number of rotatable bonds is 7. The molecule has 0 bridgehead atoms. The van der Waals surface area contributed by atoms with E-state index in [2.05, 4.69) is 10.6 Å². The maximum atomic E-state index is 12.8. The van der Waals surface area contributed by atoms with E-state index in [9.17, 15) is 9.18 Å². The van der Waals surface area contributed by atoms with E-state index in [-0.39, 0.29) is 11.7 Å². The van der Waals surface area contributed by atoms with Crippen LogP contribution in [-0.4, -0.2) is 19.6 Å². The van der Waals surface area contributed by atoms with Crippen LogP contribution in [0.1, 0.15) is 17.5 Å². The highest BCUT2D eigenvalue weighted by molar-refractivity contribution is 5.76. The van der Waals surface area contributed by atoms with Crippen LogP contribution >= 0.6 is 0 Å². The Balaban J connectivity index is 1.76. The summed E-state index contributed by atoms with van der Waals surface area (Å²) in [5, 5.41) is 6.02. The summed E-state index contributed by atoms with van der Waals surface area (Å²) in [6.07, 6.45) is 0.346. The molecule has 5 heteroatoms. The van der Waals surface area contributed by atoms with Crippen molar-refractivity contribution in [3.63, 3.8) is 0 Å². The Kier molecular flexibility index (Phi) is 5.97. The maximum absolute atomic E-state index is 12.8. The normalized spacial score (nSPS) is 10.2. The summed E-state index contributed by atoms with van der Waals surface area (Å²) in [5.41, 5.74) is 2.86. The first kappa shape index (κ1) is 16.8. The van der Waals surface area contributed by atoms with Gasteiger partial charge < -0.3 is 15.4 Å². The average Bonchev–Trinajstić information content (AvgIpc) is 2.54. The molecule has 23 heavy (non-hydrogen) atoms. The summed E-state index contributed by atoms with van der Waals surface area (Å²) in [6, 6.07) is 11.9. The van der Waals surface area contributed by atoms with Gasteiger partial charge in [0, 0.05) is 19.5 Å². The van der Waals surface area contributed by atoms with E-state index < -0.39 is 0 Å². The predicted octanol–water partition coefficient (Wildman–Crippen LogP) is 3.26. The van der Waals surface area contributed by atoms with Crippen LogP contribution in [0.5, 0.6) is 5.75 Å². The van der Waals surface area contributed by atoms with Crippen molar-refractivity contribution < 1.29 is 13.9 Å². The molecule has 0 atom stereocenters. The summed E-state index contributed by atoms with van der Waals surface area (Å²) < 4.78 is 18.1. The zero-order chi connectivity index (χ0) is 16.7. The quantitative estimate of drug-likeness (QED) is 0.824. The van der Waals surface area contributed by atoms with Crippen LogP contribution < -0.4 is 15.4 Å². The second-order valence-corrected chi connectivity index (χ2v) is 5.28. The number of methoxy groups -OCH3 is 1. The van der Waals surface area contributed by atoms with Crippen molar-refractivity contribution in [3.05, 3.63) is 59.4 Å². The Bertz CT molecular complexity index is 657. The minimum Gasteiger partial charge on any atom is -0.495 e. The lowest BCUT2D eigenvalue weighted by Crippen LogP contribution is -2.24. The van der Waals surface area contributed by atoms with Crippen LogP contribution in [0.15, 0.2) is 42.5 Å². The number of carbonyl (C=O) groups excluding carboxylic acids is 1. The van der Waals surface area contributed by atoms with E-state index in [0.717, 1.165) is 22.6 Å². The second kappa shape index (κ2) is 8.17. The highest BCUT2D eigenvalue weighted by Crippen LogP contribution is 2.24. The van der Waals surface area contributed by atoms with Gasteiger partial charge in [0.25, 0.3) is 0 Å². The van der Waals surface area contributed by atoms with Crippen LogP contribution in [0, 0.1) is 12.7 Å². The van der Waals surface area contributed by atoms with Crippen LogP contribution in [0.2, 0.25) is 0 Å². The molecule has 2 N–H and O–H groups in total. The SMILES string of the molecule is COc1ccc(C)cc1NCCC(=O)NCc1ccc(F)cc1. The average molecular weight is 316 g/mol. The molecule has 122 valence electrons. The molecule has 0 aliphatic carbocycles. The van der Waals surface area contributed by atoms with Crippen molar-refractivity contribution in [3.8, 4) is 5.75 Å². The molecule has 0 heterocycles. The molecule has 0 aliphatic heterocycles. The Morgan fingerprint density at radius 2 is 1.91 bits per heavy atom. The van der Waals surface area contributed by atoms with Gasteiger partial charge in [-0.25, -0.2) is 4.39 Å². The zero-order valence-electron chi connectivity index (χ0n) is 13.4. The molecule has 0 aromatic heterocycles. The van der Waals surface area contributed by atoms with Crippen molar-refractivity contribution in [2.24, 2.45) is 0 Å². The van der Waals surface area contributed by atoms with Crippen molar-refractivity contribution in [1.29, 1.82) is 0 Å². The fraction of sp³-hybridized carbons (Fsp3) is 0.278. The van der Waals surface area contributed by atoms with E-state index in [1.807, 2.05) is 25.1 Å². The molecule has 0 aliphatic rings. The summed E-state index contributed by atoms with van der Waals surface area (Å²) in [5.74, 6) is 0.409. The van der Waals surface area contributed by atoms with Crippen molar-refractivity contribution in [2.45, 2.75) is 19.9 Å². The lowest BCUT2D eigenvalue weighted by Gasteiger charge is -2.12. The first-order chi connectivity index (χ1) is 11.1. The molecule has 4 nitrogen and oxygen atoms in total. The van der Waals surface area contributed by atoms with E-state index in [4.69, 9.17) is 4.74 Å². The Morgan fingerprint density at radius 3 is 2.61 bits per heavy atom. The summed E-state index contributed by atoms with van der Waals surface area (Å²) in [6.45, 7) is 2.90. The molecule has 0 saturated heterocycles. The van der Waals surface area contributed by atoms with E-state index in [0.29, 0.717) is 19.5 Å². The molecule has 2 aromatic carbocycles. The third-order valence-corrected chi connectivity index (χ3v) is 3.43. The second-order valence-electron chi connectivity index (χ2n) is 5.28. The van der Waals surface area contributed by atoms with E-state index in [1.165, 1.54) is 12.1 Å². The maximum Gasteiger partial charge on any atom is 0.222 e. The van der Waals surface area contributed by atoms with Crippen LogP contribution in [0.3, 0.4) is 0 Å². The number of ether oxygens (including phenoxy) is 1. The number of halogens is 1. The summed E-state index contributed by atoms with van der Waals surface area (Å²) in [4.78, 5) is 11.8. The lowest BCUT2D eigenvalue weighted by molar-refractivity contribution is -0.121. The Labute approximate surface area is 135 Å². The number of anilines is 1. The van der Waals surface area contributed by atoms with Crippen molar-refractivity contribution in [1.82, 2.24) is 5.32 Å². The molecule has 0 saturated carbocycles. The fourth-order valence-electron chi connectivity index (χ4n) is 2.16. The molecule has 0 unspecified atom stereocenters. The van der Waals surface area contributed by atoms with Gasteiger partial charge in [-0.05, 0) is 42.3 Å². The van der Waals surface area contributed by atoms with Gasteiger partial charge in [0.05, 0.1) is 12.8 Å². The van der Waals surface area contributed by atoms with Crippen LogP contribution in [0.25, 0.3) is 0 Å². The van der Waals surface area contributed by atoms with Crippen LogP contribution in [0.4, 0.5) is 10.1 Å². The standard InChI is InChI=1S/C18H21FN2O2/c1-13-3-8-17(23-2)16(11-13)20-10-9-18(22)21-12-14-4-6-15(19)7-5-14/h3-8,11,20H,9-10,12H2,1-2H3,(H,21,22). The van der Waals surface area contributed by atoms with Gasteiger partial charge in [-0.15, -0.1) is 0 Å². The fourth-order valence-corrected chi connectivity index (χ4v) is 2.16. The smallest absolute Gasteiger partial charge is 0.222 e. The highest BCUT2D eigenvalue weighted by Gasteiger charge is 2.05. The van der Waals surface area contributed by atoms with E-state index >= 15 is 0 Å². The Morgan fingerprint density at radius 1 is 1.17 bits per heavy atom. The van der Waals surface area contributed by atoms with Crippen LogP contribution in [-0.2, 0) is 11.3 Å². The summed E-state index contributed by atoms with van der Waals surface area (Å²) >= 11 is 0.